The number of anilines is 1. The molecule has 18 heavy (non-hydrogen) atoms. The summed E-state index contributed by atoms with van der Waals surface area (Å²) in [7, 11) is -3.79. The lowest BCUT2D eigenvalue weighted by molar-refractivity contribution is 0.0834. The van der Waals surface area contributed by atoms with Crippen LogP contribution in [0.3, 0.4) is 0 Å². The lowest BCUT2D eigenvalue weighted by Gasteiger charge is -2.32. The van der Waals surface area contributed by atoms with Crippen molar-refractivity contribution >= 4 is 21.8 Å². The number of amides is 1. The fraction of sp³-hybridized carbons (Fsp3) is 0.417. The molecule has 2 rings (SSSR count). The van der Waals surface area contributed by atoms with Crippen molar-refractivity contribution in [2.24, 2.45) is 0 Å². The zero-order chi connectivity index (χ0) is 13.7. The van der Waals surface area contributed by atoms with Gasteiger partial charge in [0.1, 0.15) is 0 Å². The van der Waals surface area contributed by atoms with Gasteiger partial charge in [-0.3, -0.25) is 9.52 Å². The van der Waals surface area contributed by atoms with Gasteiger partial charge in [0.15, 0.2) is 0 Å². The largest absolute Gasteiger partial charge is 0.326 e. The van der Waals surface area contributed by atoms with Gasteiger partial charge in [0.2, 0.25) is 0 Å². The van der Waals surface area contributed by atoms with Crippen molar-refractivity contribution in [3.05, 3.63) is 28.8 Å². The van der Waals surface area contributed by atoms with Crippen molar-refractivity contribution in [2.75, 3.05) is 4.72 Å². The quantitative estimate of drug-likeness (QED) is 0.845. The van der Waals surface area contributed by atoms with Crippen LogP contribution in [0.5, 0.6) is 0 Å². The molecule has 1 aliphatic rings. The zero-order valence-corrected chi connectivity index (χ0v) is 11.6. The van der Waals surface area contributed by atoms with E-state index in [-0.39, 0.29) is 0 Å². The van der Waals surface area contributed by atoms with Crippen LogP contribution in [0.1, 0.15) is 35.3 Å². The number of fused-ring (bicyclic) bond motifs is 1. The monoisotopic (exact) mass is 268 g/mol. The van der Waals surface area contributed by atoms with Crippen molar-refractivity contribution in [1.82, 2.24) is 4.31 Å². The summed E-state index contributed by atoms with van der Waals surface area (Å²) in [4.78, 5) is 12.2. The van der Waals surface area contributed by atoms with Gasteiger partial charge in [0.25, 0.3) is 5.91 Å². The van der Waals surface area contributed by atoms with Crippen LogP contribution in [0.2, 0.25) is 0 Å². The Morgan fingerprint density at radius 3 is 2.39 bits per heavy atom. The van der Waals surface area contributed by atoms with E-state index in [1.807, 2.05) is 13.0 Å². The second-order valence-corrected chi connectivity index (χ2v) is 6.28. The molecule has 0 fully saturated rings. The molecule has 0 saturated carbocycles. The summed E-state index contributed by atoms with van der Waals surface area (Å²) in [5.41, 5.74) is 2.54. The predicted molar refractivity (Wildman–Crippen MR) is 69.8 cm³/mol. The summed E-state index contributed by atoms with van der Waals surface area (Å²) in [6, 6.07) is 3.08. The zero-order valence-electron chi connectivity index (χ0n) is 10.8. The van der Waals surface area contributed by atoms with Gasteiger partial charge in [-0.05, 0) is 44.9 Å². The van der Waals surface area contributed by atoms with Crippen LogP contribution < -0.4 is 4.72 Å². The van der Waals surface area contributed by atoms with Gasteiger partial charge in [0.05, 0.1) is 11.3 Å². The molecule has 0 aliphatic carbocycles. The van der Waals surface area contributed by atoms with Gasteiger partial charge >= 0.3 is 10.2 Å². The fourth-order valence-corrected chi connectivity index (χ4v) is 3.53. The van der Waals surface area contributed by atoms with Gasteiger partial charge < -0.3 is 0 Å². The van der Waals surface area contributed by atoms with E-state index < -0.39 is 22.2 Å². The van der Waals surface area contributed by atoms with E-state index in [0.717, 1.165) is 15.4 Å². The average Bonchev–Trinajstić information content (AvgIpc) is 2.22. The lowest BCUT2D eigenvalue weighted by atomic mass is 10.0. The maximum Gasteiger partial charge on any atom is 0.326 e. The van der Waals surface area contributed by atoms with Crippen molar-refractivity contribution in [1.29, 1.82) is 0 Å². The molecule has 0 radical (unpaired) electrons. The Balaban J connectivity index is 2.69. The molecule has 98 valence electrons. The predicted octanol–water partition coefficient (Wildman–Crippen LogP) is 1.82. The number of hydrogen-bond donors (Lipinski definition) is 1. The Hall–Kier alpha value is -1.56. The van der Waals surface area contributed by atoms with E-state index in [4.69, 9.17) is 0 Å². The number of nitrogens with zero attached hydrogens (tertiary/aromatic N) is 1. The highest BCUT2D eigenvalue weighted by Gasteiger charge is 2.38. The number of rotatable bonds is 1. The Labute approximate surface area is 107 Å². The van der Waals surface area contributed by atoms with Gasteiger partial charge in [-0.15, -0.1) is 0 Å². The molecule has 1 aromatic carbocycles. The first-order valence-electron chi connectivity index (χ1n) is 5.72. The van der Waals surface area contributed by atoms with Crippen LogP contribution in [-0.2, 0) is 10.2 Å². The summed E-state index contributed by atoms with van der Waals surface area (Å²) in [6.07, 6.45) is 0. The molecule has 0 saturated heterocycles. The van der Waals surface area contributed by atoms with Crippen molar-refractivity contribution in [3.8, 4) is 0 Å². The second kappa shape index (κ2) is 3.98. The molecule has 0 aromatic heterocycles. The molecule has 5 nitrogen and oxygen atoms in total. The molecule has 1 N–H and O–H groups in total. The van der Waals surface area contributed by atoms with Crippen molar-refractivity contribution in [3.63, 3.8) is 0 Å². The van der Waals surface area contributed by atoms with Crippen LogP contribution in [0, 0.1) is 13.8 Å². The maximum absolute atomic E-state index is 12.2. The molecule has 1 aliphatic heterocycles. The number of benzene rings is 1. The van der Waals surface area contributed by atoms with E-state index in [2.05, 4.69) is 4.72 Å². The Bertz CT molecular complexity index is 620. The van der Waals surface area contributed by atoms with Crippen LogP contribution in [0.25, 0.3) is 0 Å². The average molecular weight is 268 g/mol. The molecule has 0 spiro atoms. The van der Waals surface area contributed by atoms with E-state index in [9.17, 15) is 13.2 Å². The molecular weight excluding hydrogens is 252 g/mol. The summed E-state index contributed by atoms with van der Waals surface area (Å²) >= 11 is 0. The number of carbonyl (C=O) groups is 1. The summed E-state index contributed by atoms with van der Waals surface area (Å²) in [5.74, 6) is -0.471. The Morgan fingerprint density at radius 2 is 1.83 bits per heavy atom. The third-order valence-corrected chi connectivity index (χ3v) is 4.69. The third kappa shape index (κ3) is 1.77. The van der Waals surface area contributed by atoms with Gasteiger partial charge in [-0.1, -0.05) is 6.07 Å². The molecule has 0 unspecified atom stereocenters. The standard InChI is InChI=1S/C12H16N2O3S/c1-7(2)14-12(15)10-6-5-8(3)9(4)11(10)13-18(14,16)17/h5-7,13H,1-4H3. The van der Waals surface area contributed by atoms with Crippen molar-refractivity contribution < 1.29 is 13.2 Å². The highest BCUT2D eigenvalue weighted by molar-refractivity contribution is 7.91. The highest BCUT2D eigenvalue weighted by Crippen LogP contribution is 2.32. The number of carbonyl (C=O) groups excluding carboxylic acids is 1. The molecule has 1 amide bonds. The van der Waals surface area contributed by atoms with Crippen molar-refractivity contribution in [2.45, 2.75) is 33.7 Å². The SMILES string of the molecule is Cc1ccc2c(c1C)NS(=O)(=O)N(C(C)C)C2=O. The minimum atomic E-state index is -3.79. The van der Waals surface area contributed by atoms with E-state index in [0.29, 0.717) is 11.3 Å². The molecular formula is C12H16N2O3S. The molecule has 0 atom stereocenters. The van der Waals surface area contributed by atoms with Gasteiger partial charge in [-0.2, -0.15) is 8.42 Å². The maximum atomic E-state index is 12.2. The van der Waals surface area contributed by atoms with Crippen LogP contribution in [-0.4, -0.2) is 24.7 Å². The Morgan fingerprint density at radius 1 is 1.22 bits per heavy atom. The topological polar surface area (TPSA) is 66.5 Å². The molecule has 0 bridgehead atoms. The van der Waals surface area contributed by atoms with E-state index >= 15 is 0 Å². The summed E-state index contributed by atoms with van der Waals surface area (Å²) in [6.45, 7) is 7.02. The fourth-order valence-electron chi connectivity index (χ4n) is 2.04. The first-order chi connectivity index (χ1) is 8.25. The minimum Gasteiger partial charge on any atom is -0.268 e. The van der Waals surface area contributed by atoms with Crippen LogP contribution in [0.4, 0.5) is 5.69 Å². The van der Waals surface area contributed by atoms with E-state index in [1.54, 1.807) is 26.8 Å². The summed E-state index contributed by atoms with van der Waals surface area (Å²) < 4.78 is 27.5. The first kappa shape index (κ1) is 12.9. The second-order valence-electron chi connectivity index (χ2n) is 4.73. The number of aryl methyl sites for hydroxylation is 1. The van der Waals surface area contributed by atoms with Gasteiger partial charge in [0, 0.05) is 6.04 Å². The first-order valence-corrected chi connectivity index (χ1v) is 7.16. The van der Waals surface area contributed by atoms with Gasteiger partial charge in [-0.25, -0.2) is 4.31 Å². The minimum absolute atomic E-state index is 0.400. The number of hydrogen-bond acceptors (Lipinski definition) is 3. The van der Waals surface area contributed by atoms with Crippen LogP contribution in [0.15, 0.2) is 12.1 Å². The number of nitrogens with one attached hydrogen (secondary N) is 1. The Kier molecular flexibility index (Phi) is 2.85. The smallest absolute Gasteiger partial charge is 0.268 e. The molecule has 1 heterocycles. The lowest BCUT2D eigenvalue weighted by Crippen LogP contribution is -2.48. The highest BCUT2D eigenvalue weighted by atomic mass is 32.2. The normalized spacial score (nSPS) is 17.6. The van der Waals surface area contributed by atoms with E-state index in [1.165, 1.54) is 0 Å². The molecule has 6 heteroatoms. The molecule has 1 aromatic rings. The third-order valence-electron chi connectivity index (χ3n) is 3.13. The summed E-state index contributed by atoms with van der Waals surface area (Å²) in [5, 5.41) is 0. The van der Waals surface area contributed by atoms with Crippen LogP contribution >= 0.6 is 0 Å².